The van der Waals surface area contributed by atoms with Gasteiger partial charge in [0, 0.05) is 23.1 Å². The number of nitro groups is 1. The summed E-state index contributed by atoms with van der Waals surface area (Å²) in [6.45, 7) is 2.46. The fourth-order valence-corrected chi connectivity index (χ4v) is 3.38. The summed E-state index contributed by atoms with van der Waals surface area (Å²) >= 11 is 0. The summed E-state index contributed by atoms with van der Waals surface area (Å²) in [6, 6.07) is 20.0. The molecule has 0 saturated heterocycles. The molecular formula is C26H20N4O6. The summed E-state index contributed by atoms with van der Waals surface area (Å²) in [7, 11) is 0. The van der Waals surface area contributed by atoms with Crippen LogP contribution in [0.2, 0.25) is 0 Å². The Hall–Kier alpha value is -5.17. The number of hydrogen-bond donors (Lipinski definition) is 1. The highest BCUT2D eigenvalue weighted by atomic mass is 16.6. The van der Waals surface area contributed by atoms with Crippen molar-refractivity contribution in [3.05, 3.63) is 99.3 Å². The van der Waals surface area contributed by atoms with Crippen LogP contribution >= 0.6 is 0 Å². The lowest BCUT2D eigenvalue weighted by Gasteiger charge is -2.13. The number of rotatable bonds is 9. The van der Waals surface area contributed by atoms with E-state index in [9.17, 15) is 20.2 Å². The maximum Gasteiger partial charge on any atom is 0.307 e. The molecule has 36 heavy (non-hydrogen) atoms. The molecule has 0 bridgehead atoms. The van der Waals surface area contributed by atoms with Crippen LogP contribution in [0.4, 0.5) is 5.69 Å². The number of nitro benzene ring substituents is 1. The van der Waals surface area contributed by atoms with Crippen molar-refractivity contribution in [2.24, 2.45) is 5.10 Å². The molecule has 0 aliphatic heterocycles. The zero-order chi connectivity index (χ0) is 25.5. The molecule has 1 aromatic heterocycles. The number of nitrogens with one attached hydrogen (secondary N) is 1. The van der Waals surface area contributed by atoms with Gasteiger partial charge in [-0.2, -0.15) is 10.4 Å². The maximum atomic E-state index is 12.4. The predicted octanol–water partition coefficient (Wildman–Crippen LogP) is 4.95. The van der Waals surface area contributed by atoms with Crippen LogP contribution < -0.4 is 14.9 Å². The van der Waals surface area contributed by atoms with Crippen molar-refractivity contribution in [1.29, 1.82) is 5.26 Å². The van der Waals surface area contributed by atoms with Crippen LogP contribution in [0.1, 0.15) is 34.2 Å². The van der Waals surface area contributed by atoms with Crippen LogP contribution in [-0.4, -0.2) is 23.7 Å². The molecule has 1 heterocycles. The summed E-state index contributed by atoms with van der Waals surface area (Å²) in [5.41, 5.74) is 4.57. The van der Waals surface area contributed by atoms with Gasteiger partial charge in [-0.25, -0.2) is 5.43 Å². The van der Waals surface area contributed by atoms with Crippen molar-refractivity contribution in [2.45, 2.75) is 13.5 Å². The number of ether oxygens (including phenoxy) is 2. The molecule has 0 saturated carbocycles. The summed E-state index contributed by atoms with van der Waals surface area (Å²) in [5.74, 6) is 0.355. The normalized spacial score (nSPS) is 10.8. The van der Waals surface area contributed by atoms with Gasteiger partial charge in [0.25, 0.3) is 5.69 Å². The summed E-state index contributed by atoms with van der Waals surface area (Å²) < 4.78 is 17.0. The first-order chi connectivity index (χ1) is 17.5. The van der Waals surface area contributed by atoms with E-state index in [2.05, 4.69) is 16.6 Å². The molecule has 0 atom stereocenters. The molecule has 1 amide bonds. The van der Waals surface area contributed by atoms with Crippen LogP contribution in [-0.2, 0) is 6.61 Å². The Balaban J connectivity index is 1.43. The molecule has 0 aliphatic rings. The van der Waals surface area contributed by atoms with Gasteiger partial charge in [0.1, 0.15) is 12.2 Å². The number of amides is 1. The molecule has 3 aromatic carbocycles. The Morgan fingerprint density at radius 3 is 2.75 bits per heavy atom. The topological polar surface area (TPSA) is 140 Å². The van der Waals surface area contributed by atoms with Gasteiger partial charge in [-0.1, -0.05) is 18.2 Å². The van der Waals surface area contributed by atoms with Crippen LogP contribution in [0, 0.1) is 21.4 Å². The third-order valence-corrected chi connectivity index (χ3v) is 5.10. The number of furan rings is 1. The lowest BCUT2D eigenvalue weighted by molar-refractivity contribution is -0.384. The van der Waals surface area contributed by atoms with Crippen LogP contribution in [0.25, 0.3) is 11.0 Å². The third-order valence-electron chi connectivity index (χ3n) is 5.10. The number of carbonyl (C=O) groups excluding carboxylic acids is 1. The molecule has 0 radical (unpaired) electrons. The number of nitriles is 1. The Kier molecular flexibility index (Phi) is 7.22. The van der Waals surface area contributed by atoms with Gasteiger partial charge < -0.3 is 13.9 Å². The van der Waals surface area contributed by atoms with Crippen LogP contribution in [0.3, 0.4) is 0 Å². The van der Waals surface area contributed by atoms with E-state index < -0.39 is 10.8 Å². The lowest BCUT2D eigenvalue weighted by atomic mass is 10.1. The van der Waals surface area contributed by atoms with E-state index in [0.717, 1.165) is 5.56 Å². The predicted molar refractivity (Wildman–Crippen MR) is 131 cm³/mol. The van der Waals surface area contributed by atoms with Crippen molar-refractivity contribution in [2.75, 3.05) is 6.61 Å². The summed E-state index contributed by atoms with van der Waals surface area (Å²) in [6.07, 6.45) is 1.43. The molecule has 10 heteroatoms. The second-order valence-corrected chi connectivity index (χ2v) is 7.49. The highest BCUT2D eigenvalue weighted by molar-refractivity contribution is 5.97. The van der Waals surface area contributed by atoms with Gasteiger partial charge in [0.15, 0.2) is 17.3 Å². The van der Waals surface area contributed by atoms with Gasteiger partial charge in [-0.3, -0.25) is 14.9 Å². The molecular weight excluding hydrogens is 464 g/mol. The number of hydrogen-bond acceptors (Lipinski definition) is 8. The lowest BCUT2D eigenvalue weighted by Crippen LogP contribution is -2.16. The standard InChI is InChI=1S/C26H20N4O6/c1-2-34-24-11-17(7-9-23(24)35-16-19-6-4-3-5-18(19)14-27)15-28-29-26(31)25-13-20-12-21(30(32)33)8-10-22(20)36-25/h3-13,15H,2,16H2,1H3,(H,29,31)/b28-15+. The Morgan fingerprint density at radius 1 is 1.14 bits per heavy atom. The zero-order valence-electron chi connectivity index (χ0n) is 19.1. The van der Waals surface area contributed by atoms with Crippen molar-refractivity contribution >= 4 is 28.8 Å². The van der Waals surface area contributed by atoms with Crippen LogP contribution in [0.15, 0.2) is 76.2 Å². The van der Waals surface area contributed by atoms with E-state index in [0.29, 0.717) is 40.2 Å². The maximum absolute atomic E-state index is 12.4. The smallest absolute Gasteiger partial charge is 0.307 e. The highest BCUT2D eigenvalue weighted by Crippen LogP contribution is 2.29. The van der Waals surface area contributed by atoms with Crippen molar-refractivity contribution in [3.8, 4) is 17.6 Å². The average Bonchev–Trinajstić information content (AvgIpc) is 3.32. The molecule has 10 nitrogen and oxygen atoms in total. The van der Waals surface area contributed by atoms with Crippen molar-refractivity contribution in [3.63, 3.8) is 0 Å². The largest absolute Gasteiger partial charge is 0.490 e. The fourth-order valence-electron chi connectivity index (χ4n) is 3.38. The molecule has 1 N–H and O–H groups in total. The highest BCUT2D eigenvalue weighted by Gasteiger charge is 2.15. The molecule has 0 spiro atoms. The molecule has 0 aliphatic carbocycles. The van der Waals surface area contributed by atoms with E-state index in [1.807, 2.05) is 19.1 Å². The SMILES string of the molecule is CCOc1cc(/C=N/NC(=O)c2cc3cc([N+](=O)[O-])ccc3o2)ccc1OCc1ccccc1C#N. The molecule has 4 rings (SSSR count). The number of hydrazone groups is 1. The molecule has 0 unspecified atom stereocenters. The second kappa shape index (κ2) is 10.8. The Bertz CT molecular complexity index is 1500. The number of fused-ring (bicyclic) bond motifs is 1. The van der Waals surface area contributed by atoms with E-state index in [1.54, 1.807) is 30.3 Å². The monoisotopic (exact) mass is 484 g/mol. The Morgan fingerprint density at radius 2 is 1.97 bits per heavy atom. The third kappa shape index (κ3) is 5.48. The second-order valence-electron chi connectivity index (χ2n) is 7.49. The number of non-ortho nitro benzene ring substituents is 1. The van der Waals surface area contributed by atoms with E-state index in [4.69, 9.17) is 13.9 Å². The van der Waals surface area contributed by atoms with E-state index >= 15 is 0 Å². The van der Waals surface area contributed by atoms with Gasteiger partial charge in [0.2, 0.25) is 0 Å². The summed E-state index contributed by atoms with van der Waals surface area (Å²) in [5, 5.41) is 24.6. The quantitative estimate of drug-likeness (QED) is 0.201. The average molecular weight is 484 g/mol. The van der Waals surface area contributed by atoms with E-state index in [-0.39, 0.29) is 18.1 Å². The molecule has 0 fully saturated rings. The number of benzene rings is 3. The van der Waals surface area contributed by atoms with Gasteiger partial charge >= 0.3 is 5.91 Å². The first-order valence-electron chi connectivity index (χ1n) is 10.9. The molecule has 4 aromatic rings. The molecule has 180 valence electrons. The number of nitrogens with zero attached hydrogens (tertiary/aromatic N) is 3. The first-order valence-corrected chi connectivity index (χ1v) is 10.9. The Labute approximate surface area is 205 Å². The fraction of sp³-hybridized carbons (Fsp3) is 0.115. The van der Waals surface area contributed by atoms with Gasteiger partial charge in [-0.05, 0) is 48.9 Å². The minimum absolute atomic E-state index is 0.0287. The minimum atomic E-state index is -0.605. The van der Waals surface area contributed by atoms with Crippen molar-refractivity contribution < 1.29 is 23.6 Å². The summed E-state index contributed by atoms with van der Waals surface area (Å²) in [4.78, 5) is 22.8. The van der Waals surface area contributed by atoms with Crippen LogP contribution in [0.5, 0.6) is 11.5 Å². The zero-order valence-corrected chi connectivity index (χ0v) is 19.1. The van der Waals surface area contributed by atoms with Gasteiger partial charge in [-0.15, -0.1) is 0 Å². The minimum Gasteiger partial charge on any atom is -0.490 e. The van der Waals surface area contributed by atoms with Gasteiger partial charge in [0.05, 0.1) is 29.4 Å². The van der Waals surface area contributed by atoms with E-state index in [1.165, 1.54) is 30.5 Å². The van der Waals surface area contributed by atoms with Crippen molar-refractivity contribution in [1.82, 2.24) is 5.43 Å². The number of carbonyl (C=O) groups is 1. The first kappa shape index (κ1) is 24.0.